The van der Waals surface area contributed by atoms with E-state index in [1.165, 1.54) is 5.48 Å². The Kier molecular flexibility index (Phi) is 3.49. The third kappa shape index (κ3) is 3.85. The molecule has 0 bridgehead atoms. The summed E-state index contributed by atoms with van der Waals surface area (Å²) in [5.74, 6) is 0. The van der Waals surface area contributed by atoms with Gasteiger partial charge in [-0.1, -0.05) is 12.2 Å². The maximum atomic E-state index is 10.0. The van der Waals surface area contributed by atoms with Crippen LogP contribution in [0, 0.1) is 0 Å². The molecule has 0 spiro atoms. The summed E-state index contributed by atoms with van der Waals surface area (Å²) in [6.07, 6.45) is 0. The zero-order valence-corrected chi connectivity index (χ0v) is 5.42. The van der Waals surface area contributed by atoms with Crippen LogP contribution in [0.2, 0.25) is 0 Å². The first-order valence-corrected chi connectivity index (χ1v) is 2.46. The molecule has 0 aliphatic carbocycles. The van der Waals surface area contributed by atoms with E-state index in [0.717, 1.165) is 0 Å². The predicted octanol–water partition coefficient (Wildman–Crippen LogP) is -0.110. The number of hydrogen-bond acceptors (Lipinski definition) is 3. The molecule has 0 aromatic carbocycles. The number of carbonyl (C=O) groups is 1. The van der Waals surface area contributed by atoms with Crippen molar-refractivity contribution in [3.8, 4) is 0 Å². The number of hydroxylamine groups is 1. The SMILES string of the molecule is O=C(NO)NC(=S)S. The van der Waals surface area contributed by atoms with Gasteiger partial charge in [-0.3, -0.25) is 10.5 Å². The summed E-state index contributed by atoms with van der Waals surface area (Å²) >= 11 is 7.86. The van der Waals surface area contributed by atoms with E-state index in [9.17, 15) is 4.79 Å². The average molecular weight is 152 g/mol. The predicted molar refractivity (Wildman–Crippen MR) is 35.0 cm³/mol. The van der Waals surface area contributed by atoms with Crippen molar-refractivity contribution in [3.63, 3.8) is 0 Å². The Hall–Kier alpha value is -0.330. The minimum absolute atomic E-state index is 0.0107. The lowest BCUT2D eigenvalue weighted by Crippen LogP contribution is -2.34. The number of amides is 2. The van der Waals surface area contributed by atoms with Crippen molar-refractivity contribution in [1.29, 1.82) is 0 Å². The number of rotatable bonds is 0. The highest BCUT2D eigenvalue weighted by Crippen LogP contribution is 1.74. The summed E-state index contributed by atoms with van der Waals surface area (Å²) < 4.78 is 0.0107. The Bertz CT molecular complexity index is 115. The van der Waals surface area contributed by atoms with Crippen molar-refractivity contribution < 1.29 is 10.0 Å². The molecule has 0 aliphatic rings. The quantitative estimate of drug-likeness (QED) is 0.169. The van der Waals surface area contributed by atoms with Gasteiger partial charge in [0.25, 0.3) is 0 Å². The normalized spacial score (nSPS) is 7.75. The topological polar surface area (TPSA) is 61.4 Å². The summed E-state index contributed by atoms with van der Waals surface area (Å²) in [6, 6.07) is -0.787. The smallest absolute Gasteiger partial charge is 0.292 e. The third-order valence-electron chi connectivity index (χ3n) is 0.322. The molecule has 8 heavy (non-hydrogen) atoms. The molecule has 0 saturated heterocycles. The minimum Gasteiger partial charge on any atom is -0.292 e. The van der Waals surface area contributed by atoms with E-state index in [2.05, 4.69) is 24.8 Å². The van der Waals surface area contributed by atoms with Crippen LogP contribution in [0.15, 0.2) is 0 Å². The van der Waals surface area contributed by atoms with E-state index in [0.29, 0.717) is 0 Å². The molecule has 0 aromatic heterocycles. The average Bonchev–Trinajstić information content (AvgIpc) is 1.65. The van der Waals surface area contributed by atoms with Gasteiger partial charge < -0.3 is 0 Å². The van der Waals surface area contributed by atoms with Gasteiger partial charge in [-0.2, -0.15) is 0 Å². The van der Waals surface area contributed by atoms with E-state index in [-0.39, 0.29) is 4.32 Å². The Morgan fingerprint density at radius 3 is 2.38 bits per heavy atom. The number of nitrogens with one attached hydrogen (secondary N) is 2. The van der Waals surface area contributed by atoms with Gasteiger partial charge in [-0.05, 0) is 0 Å². The van der Waals surface area contributed by atoms with Crippen LogP contribution in [0.3, 0.4) is 0 Å². The zero-order chi connectivity index (χ0) is 6.57. The molecule has 46 valence electrons. The summed E-state index contributed by atoms with van der Waals surface area (Å²) in [5.41, 5.74) is 1.31. The van der Waals surface area contributed by atoms with Crippen LogP contribution < -0.4 is 10.8 Å². The van der Waals surface area contributed by atoms with Crippen LogP contribution in [0.25, 0.3) is 0 Å². The molecular weight excluding hydrogens is 148 g/mol. The third-order valence-corrected chi connectivity index (χ3v) is 0.536. The van der Waals surface area contributed by atoms with Crippen LogP contribution in [-0.2, 0) is 0 Å². The first-order chi connectivity index (χ1) is 3.66. The van der Waals surface area contributed by atoms with E-state index >= 15 is 0 Å². The van der Waals surface area contributed by atoms with Gasteiger partial charge in [0.2, 0.25) is 0 Å². The Morgan fingerprint density at radius 1 is 1.75 bits per heavy atom. The fraction of sp³-hybridized carbons (Fsp3) is 0. The molecule has 0 saturated carbocycles. The van der Waals surface area contributed by atoms with Gasteiger partial charge >= 0.3 is 6.03 Å². The van der Waals surface area contributed by atoms with Gasteiger partial charge in [-0.25, -0.2) is 10.3 Å². The van der Waals surface area contributed by atoms with Gasteiger partial charge in [0.05, 0.1) is 0 Å². The monoisotopic (exact) mass is 152 g/mol. The summed E-state index contributed by atoms with van der Waals surface area (Å²) in [6.45, 7) is 0. The first kappa shape index (κ1) is 7.67. The van der Waals surface area contributed by atoms with Crippen LogP contribution in [0.4, 0.5) is 4.79 Å². The molecule has 3 N–H and O–H groups in total. The van der Waals surface area contributed by atoms with Crippen molar-refractivity contribution in [2.24, 2.45) is 0 Å². The zero-order valence-electron chi connectivity index (χ0n) is 3.71. The van der Waals surface area contributed by atoms with Crippen LogP contribution in [0.5, 0.6) is 0 Å². The summed E-state index contributed by atoms with van der Waals surface area (Å²) in [5, 5.41) is 9.82. The van der Waals surface area contributed by atoms with Crippen LogP contribution in [-0.4, -0.2) is 15.6 Å². The first-order valence-electron chi connectivity index (χ1n) is 1.61. The van der Waals surface area contributed by atoms with Crippen molar-refractivity contribution in [3.05, 3.63) is 0 Å². The fourth-order valence-corrected chi connectivity index (χ4v) is 0.319. The summed E-state index contributed by atoms with van der Waals surface area (Å²) in [4.78, 5) is 10.0. The Balaban J connectivity index is 3.40. The van der Waals surface area contributed by atoms with E-state index in [4.69, 9.17) is 5.21 Å². The second-order valence-corrected chi connectivity index (χ2v) is 2.03. The number of urea groups is 1. The molecule has 0 radical (unpaired) electrons. The highest BCUT2D eigenvalue weighted by Gasteiger charge is 1.94. The van der Waals surface area contributed by atoms with E-state index in [1.807, 2.05) is 5.32 Å². The Morgan fingerprint density at radius 2 is 2.25 bits per heavy atom. The van der Waals surface area contributed by atoms with Crippen LogP contribution >= 0.6 is 24.8 Å². The van der Waals surface area contributed by atoms with Gasteiger partial charge in [-0.15, -0.1) is 12.6 Å². The van der Waals surface area contributed by atoms with Crippen molar-refractivity contribution in [1.82, 2.24) is 10.8 Å². The number of hydrogen-bond donors (Lipinski definition) is 4. The van der Waals surface area contributed by atoms with Gasteiger partial charge in [0, 0.05) is 0 Å². The van der Waals surface area contributed by atoms with E-state index in [1.54, 1.807) is 0 Å². The second-order valence-electron chi connectivity index (χ2n) is 0.871. The highest BCUT2D eigenvalue weighted by atomic mass is 32.1. The summed E-state index contributed by atoms with van der Waals surface area (Å²) in [7, 11) is 0. The van der Waals surface area contributed by atoms with Crippen molar-refractivity contribution in [2.75, 3.05) is 0 Å². The number of carbonyl (C=O) groups excluding carboxylic acids is 1. The number of thiol groups is 1. The molecule has 2 amide bonds. The molecule has 0 unspecified atom stereocenters. The standard InChI is InChI=1S/C2H4N2O2S2/c5-1(4-6)3-2(7)8/h6H,(H3,3,4,5,7,8). The molecule has 0 rings (SSSR count). The molecule has 0 heterocycles. The molecule has 0 fully saturated rings. The molecule has 0 aromatic rings. The maximum absolute atomic E-state index is 10.0. The molecule has 4 nitrogen and oxygen atoms in total. The largest absolute Gasteiger partial charge is 0.343 e. The maximum Gasteiger partial charge on any atom is 0.343 e. The molecule has 6 heteroatoms. The lowest BCUT2D eigenvalue weighted by molar-refractivity contribution is 0.166. The highest BCUT2D eigenvalue weighted by molar-refractivity contribution is 8.11. The van der Waals surface area contributed by atoms with Crippen molar-refractivity contribution >= 4 is 35.2 Å². The lowest BCUT2D eigenvalue weighted by atomic mass is 11.0. The second kappa shape index (κ2) is 3.65. The molecule has 0 aliphatic heterocycles. The van der Waals surface area contributed by atoms with Crippen LogP contribution in [0.1, 0.15) is 0 Å². The fourth-order valence-electron chi connectivity index (χ4n) is 0.125. The number of thiocarbonyl (C=S) groups is 1. The van der Waals surface area contributed by atoms with Crippen molar-refractivity contribution in [2.45, 2.75) is 0 Å². The minimum atomic E-state index is -0.787. The molecular formula is C2H4N2O2S2. The molecule has 0 atom stereocenters. The lowest BCUT2D eigenvalue weighted by Gasteiger charge is -1.95. The Labute approximate surface area is 56.6 Å². The van der Waals surface area contributed by atoms with Gasteiger partial charge in [0.1, 0.15) is 4.32 Å². The van der Waals surface area contributed by atoms with Gasteiger partial charge in [0.15, 0.2) is 0 Å². The van der Waals surface area contributed by atoms with E-state index < -0.39 is 6.03 Å².